The molecule has 2 N–H and O–H groups in total. The van der Waals surface area contributed by atoms with Crippen LogP contribution in [0.3, 0.4) is 0 Å². The molecule has 0 radical (unpaired) electrons. The molecule has 0 saturated heterocycles. The Labute approximate surface area is 174 Å². The number of hydrogen-bond acceptors (Lipinski definition) is 4. The fourth-order valence-electron chi connectivity index (χ4n) is 2.49. The number of nitrogens with zero attached hydrogens (tertiary/aromatic N) is 1. The number of aliphatic imine (C=N–C) groups is 1. The maximum Gasteiger partial charge on any atom is 0.422 e. The third kappa shape index (κ3) is 8.50. The molecule has 0 saturated carbocycles. The van der Waals surface area contributed by atoms with Crippen molar-refractivity contribution in [1.82, 2.24) is 10.6 Å². The van der Waals surface area contributed by atoms with Crippen LogP contribution in [0.2, 0.25) is 0 Å². The lowest BCUT2D eigenvalue weighted by molar-refractivity contribution is -0.153. The van der Waals surface area contributed by atoms with E-state index in [0.29, 0.717) is 25.7 Å². The van der Waals surface area contributed by atoms with Crippen LogP contribution in [0.15, 0.2) is 53.5 Å². The molecule has 6 nitrogen and oxygen atoms in total. The van der Waals surface area contributed by atoms with Crippen LogP contribution >= 0.6 is 0 Å². The van der Waals surface area contributed by atoms with E-state index in [9.17, 15) is 13.2 Å². The minimum Gasteiger partial charge on any atom is -0.494 e. The van der Waals surface area contributed by atoms with E-state index in [1.807, 2.05) is 30.3 Å². The Kier molecular flexibility index (Phi) is 9.11. The molecule has 0 aliphatic heterocycles. The van der Waals surface area contributed by atoms with Crippen LogP contribution in [0.5, 0.6) is 17.2 Å². The van der Waals surface area contributed by atoms with Gasteiger partial charge in [-0.2, -0.15) is 13.2 Å². The lowest BCUT2D eigenvalue weighted by Crippen LogP contribution is -2.37. The minimum atomic E-state index is -4.41. The van der Waals surface area contributed by atoms with E-state index < -0.39 is 12.8 Å². The number of para-hydroxylation sites is 1. The molecule has 0 bridgehead atoms. The zero-order valence-corrected chi connectivity index (χ0v) is 17.0. The van der Waals surface area contributed by atoms with E-state index in [0.717, 1.165) is 17.7 Å². The molecule has 2 aromatic carbocycles. The van der Waals surface area contributed by atoms with Gasteiger partial charge >= 0.3 is 6.18 Å². The van der Waals surface area contributed by atoms with Crippen molar-refractivity contribution in [1.29, 1.82) is 0 Å². The van der Waals surface area contributed by atoms with Gasteiger partial charge in [0.05, 0.1) is 13.7 Å². The number of nitrogens with one attached hydrogen (secondary N) is 2. The van der Waals surface area contributed by atoms with Crippen molar-refractivity contribution in [2.24, 2.45) is 4.99 Å². The Bertz CT molecular complexity index is 799. The van der Waals surface area contributed by atoms with Crippen molar-refractivity contribution in [3.05, 3.63) is 54.1 Å². The summed E-state index contributed by atoms with van der Waals surface area (Å²) in [4.78, 5) is 4.15. The normalized spacial score (nSPS) is 11.7. The molecule has 0 aromatic heterocycles. The topological polar surface area (TPSA) is 64.1 Å². The largest absolute Gasteiger partial charge is 0.494 e. The SMILES string of the molecule is CN=C(NCCCOc1ccccc1)NCc1ccc(OCC(F)(F)F)c(OC)c1. The third-order valence-electron chi connectivity index (χ3n) is 3.93. The predicted molar refractivity (Wildman–Crippen MR) is 109 cm³/mol. The van der Waals surface area contributed by atoms with Crippen LogP contribution in [-0.2, 0) is 6.54 Å². The first-order valence-corrected chi connectivity index (χ1v) is 9.40. The second-order valence-electron chi connectivity index (χ2n) is 6.26. The van der Waals surface area contributed by atoms with Gasteiger partial charge in [0.2, 0.25) is 0 Å². The fourth-order valence-corrected chi connectivity index (χ4v) is 2.49. The van der Waals surface area contributed by atoms with E-state index in [1.165, 1.54) is 13.2 Å². The Balaban J connectivity index is 1.75. The number of ether oxygens (including phenoxy) is 3. The van der Waals surface area contributed by atoms with Gasteiger partial charge in [-0.3, -0.25) is 4.99 Å². The van der Waals surface area contributed by atoms with Gasteiger partial charge in [-0.15, -0.1) is 0 Å². The smallest absolute Gasteiger partial charge is 0.422 e. The van der Waals surface area contributed by atoms with E-state index in [2.05, 4.69) is 15.6 Å². The van der Waals surface area contributed by atoms with Gasteiger partial charge in [0.1, 0.15) is 5.75 Å². The summed E-state index contributed by atoms with van der Waals surface area (Å²) >= 11 is 0. The average molecular weight is 425 g/mol. The van der Waals surface area contributed by atoms with Crippen molar-refractivity contribution in [3.63, 3.8) is 0 Å². The quantitative estimate of drug-likeness (QED) is 0.345. The van der Waals surface area contributed by atoms with Crippen molar-refractivity contribution in [3.8, 4) is 17.2 Å². The highest BCUT2D eigenvalue weighted by molar-refractivity contribution is 5.79. The summed E-state index contributed by atoms with van der Waals surface area (Å²) in [5.74, 6) is 1.71. The zero-order chi connectivity index (χ0) is 21.8. The lowest BCUT2D eigenvalue weighted by Gasteiger charge is -2.15. The Morgan fingerprint density at radius 3 is 2.43 bits per heavy atom. The summed E-state index contributed by atoms with van der Waals surface area (Å²) < 4.78 is 52.6. The van der Waals surface area contributed by atoms with Crippen LogP contribution < -0.4 is 24.8 Å². The summed E-state index contributed by atoms with van der Waals surface area (Å²) in [6.45, 7) is 0.284. The highest BCUT2D eigenvalue weighted by atomic mass is 19.4. The van der Waals surface area contributed by atoms with Gasteiger partial charge in [0.15, 0.2) is 24.1 Å². The molecule has 30 heavy (non-hydrogen) atoms. The maximum atomic E-state index is 12.3. The molecule has 0 heterocycles. The highest BCUT2D eigenvalue weighted by Crippen LogP contribution is 2.29. The number of alkyl halides is 3. The van der Waals surface area contributed by atoms with Crippen LogP contribution in [-0.4, -0.2) is 46.1 Å². The standard InChI is InChI=1S/C21H26F3N3O3/c1-25-20(26-11-6-12-29-17-7-4-3-5-8-17)27-14-16-9-10-18(19(13-16)28-2)30-15-21(22,23)24/h3-5,7-10,13H,6,11-12,14-15H2,1-2H3,(H2,25,26,27). The first-order chi connectivity index (χ1) is 14.4. The molecule has 0 amide bonds. The van der Waals surface area contributed by atoms with Crippen molar-refractivity contribution < 1.29 is 27.4 Å². The molecular formula is C21H26F3N3O3. The molecular weight excluding hydrogens is 399 g/mol. The number of guanidine groups is 1. The molecule has 0 spiro atoms. The Hall–Kier alpha value is -3.10. The molecule has 9 heteroatoms. The van der Waals surface area contributed by atoms with Gasteiger partial charge in [-0.25, -0.2) is 0 Å². The predicted octanol–water partition coefficient (Wildman–Crippen LogP) is 3.77. The molecule has 2 aromatic rings. The number of rotatable bonds is 10. The molecule has 0 unspecified atom stereocenters. The molecule has 164 valence electrons. The van der Waals surface area contributed by atoms with E-state index >= 15 is 0 Å². The average Bonchev–Trinajstić information content (AvgIpc) is 2.74. The Morgan fingerprint density at radius 1 is 1.00 bits per heavy atom. The van der Waals surface area contributed by atoms with Gasteiger partial charge < -0.3 is 24.8 Å². The Morgan fingerprint density at radius 2 is 1.77 bits per heavy atom. The van der Waals surface area contributed by atoms with Crippen LogP contribution in [0.1, 0.15) is 12.0 Å². The van der Waals surface area contributed by atoms with E-state index in [1.54, 1.807) is 19.2 Å². The monoisotopic (exact) mass is 425 g/mol. The highest BCUT2D eigenvalue weighted by Gasteiger charge is 2.29. The summed E-state index contributed by atoms with van der Waals surface area (Å²) in [5, 5.41) is 6.32. The minimum absolute atomic E-state index is 0.0412. The van der Waals surface area contributed by atoms with E-state index in [4.69, 9.17) is 14.2 Å². The number of halogens is 3. The van der Waals surface area contributed by atoms with E-state index in [-0.39, 0.29) is 11.5 Å². The zero-order valence-electron chi connectivity index (χ0n) is 17.0. The summed E-state index contributed by atoms with van der Waals surface area (Å²) in [6, 6.07) is 14.3. The lowest BCUT2D eigenvalue weighted by atomic mass is 10.2. The fraction of sp³-hybridized carbons (Fsp3) is 0.381. The first-order valence-electron chi connectivity index (χ1n) is 9.40. The van der Waals surface area contributed by atoms with Crippen LogP contribution in [0, 0.1) is 0 Å². The number of benzene rings is 2. The summed E-state index contributed by atoms with van der Waals surface area (Å²) in [5.41, 5.74) is 0.807. The van der Waals surface area contributed by atoms with Crippen LogP contribution in [0.4, 0.5) is 13.2 Å². The van der Waals surface area contributed by atoms with Gasteiger partial charge in [-0.05, 0) is 36.2 Å². The number of hydrogen-bond donors (Lipinski definition) is 2. The summed E-state index contributed by atoms with van der Waals surface area (Å²) in [6.07, 6.45) is -3.62. The molecule has 0 fully saturated rings. The van der Waals surface area contributed by atoms with Crippen molar-refractivity contribution >= 4 is 5.96 Å². The van der Waals surface area contributed by atoms with Crippen molar-refractivity contribution in [2.75, 3.05) is 33.9 Å². The molecule has 2 rings (SSSR count). The second kappa shape index (κ2) is 11.8. The number of methoxy groups -OCH3 is 1. The first kappa shape index (κ1) is 23.2. The summed E-state index contributed by atoms with van der Waals surface area (Å²) in [7, 11) is 3.04. The van der Waals surface area contributed by atoms with Crippen LogP contribution in [0.25, 0.3) is 0 Å². The van der Waals surface area contributed by atoms with Gasteiger partial charge in [0, 0.05) is 20.1 Å². The molecule has 0 aliphatic carbocycles. The van der Waals surface area contributed by atoms with Gasteiger partial charge in [-0.1, -0.05) is 24.3 Å². The molecule has 0 atom stereocenters. The third-order valence-corrected chi connectivity index (χ3v) is 3.93. The maximum absolute atomic E-state index is 12.3. The molecule has 0 aliphatic rings. The van der Waals surface area contributed by atoms with Gasteiger partial charge in [0.25, 0.3) is 0 Å². The van der Waals surface area contributed by atoms with Crippen molar-refractivity contribution in [2.45, 2.75) is 19.1 Å². The second-order valence-corrected chi connectivity index (χ2v) is 6.26.